The monoisotopic (exact) mass is 546 g/mol. The van der Waals surface area contributed by atoms with E-state index in [4.69, 9.17) is 4.42 Å². The molecule has 4 aromatic heterocycles. The summed E-state index contributed by atoms with van der Waals surface area (Å²) in [5, 5.41) is 4.62. The first-order valence-corrected chi connectivity index (χ1v) is 14.8. The highest BCUT2D eigenvalue weighted by Gasteiger charge is 2.16. The van der Waals surface area contributed by atoms with Crippen molar-refractivity contribution in [3.8, 4) is 25.2 Å². The molecular formula is C33H26N2O2S2. The van der Waals surface area contributed by atoms with E-state index in [0.717, 1.165) is 33.9 Å². The Labute approximate surface area is 234 Å². The van der Waals surface area contributed by atoms with Gasteiger partial charge in [-0.2, -0.15) is 0 Å². The molecule has 0 fully saturated rings. The molecule has 4 heterocycles. The van der Waals surface area contributed by atoms with Crippen molar-refractivity contribution in [3.63, 3.8) is 0 Å². The first-order valence-electron chi connectivity index (χ1n) is 13.2. The minimum absolute atomic E-state index is 0.301. The van der Waals surface area contributed by atoms with Gasteiger partial charge in [0, 0.05) is 55.6 Å². The van der Waals surface area contributed by atoms with Crippen LogP contribution in [-0.4, -0.2) is 17.7 Å². The zero-order valence-corrected chi connectivity index (χ0v) is 23.3. The molecular weight excluding hydrogens is 521 g/mol. The Morgan fingerprint density at radius 1 is 0.718 bits per heavy atom. The predicted octanol–water partition coefficient (Wildman–Crippen LogP) is 9.19. The van der Waals surface area contributed by atoms with Gasteiger partial charge in [0.05, 0.1) is 16.6 Å². The van der Waals surface area contributed by atoms with Crippen LogP contribution >= 0.6 is 22.7 Å². The van der Waals surface area contributed by atoms with Crippen molar-refractivity contribution in [1.29, 1.82) is 0 Å². The number of fused-ring (bicyclic) bond motifs is 4. The van der Waals surface area contributed by atoms with Gasteiger partial charge >= 0.3 is 5.63 Å². The molecule has 0 N–H and O–H groups in total. The van der Waals surface area contributed by atoms with Gasteiger partial charge in [-0.15, -0.1) is 22.7 Å². The lowest BCUT2D eigenvalue weighted by Crippen LogP contribution is -2.21. The van der Waals surface area contributed by atoms with Crippen molar-refractivity contribution >= 4 is 61.1 Å². The van der Waals surface area contributed by atoms with Crippen LogP contribution in [0.5, 0.6) is 0 Å². The van der Waals surface area contributed by atoms with Crippen molar-refractivity contribution in [2.45, 2.75) is 13.8 Å². The Balaban J connectivity index is 1.26. The van der Waals surface area contributed by atoms with Crippen LogP contribution in [0.1, 0.15) is 13.8 Å². The second-order valence-corrected chi connectivity index (χ2v) is 11.7. The van der Waals surface area contributed by atoms with E-state index in [2.05, 4.69) is 96.1 Å². The summed E-state index contributed by atoms with van der Waals surface area (Å²) in [5.41, 5.74) is 4.41. The third-order valence-electron chi connectivity index (χ3n) is 7.35. The van der Waals surface area contributed by atoms with Crippen molar-refractivity contribution in [3.05, 3.63) is 107 Å². The van der Waals surface area contributed by atoms with Gasteiger partial charge in [-0.1, -0.05) is 36.4 Å². The molecule has 4 nitrogen and oxygen atoms in total. The summed E-state index contributed by atoms with van der Waals surface area (Å²) < 4.78 is 8.15. The Hall–Kier alpha value is -4.13. The van der Waals surface area contributed by atoms with Gasteiger partial charge in [-0.05, 0) is 68.4 Å². The minimum atomic E-state index is -0.301. The van der Waals surface area contributed by atoms with Crippen LogP contribution < -0.4 is 10.5 Å². The van der Waals surface area contributed by atoms with Gasteiger partial charge in [0.15, 0.2) is 0 Å². The highest BCUT2D eigenvalue weighted by atomic mass is 32.1. The fraction of sp³-hybridized carbons (Fsp3) is 0.121. The number of para-hydroxylation sites is 2. The Bertz CT molecular complexity index is 1980. The molecule has 0 radical (unpaired) electrons. The summed E-state index contributed by atoms with van der Waals surface area (Å²) >= 11 is 3.39. The molecule has 0 aliphatic carbocycles. The molecule has 0 saturated carbocycles. The Kier molecular flexibility index (Phi) is 5.87. The number of hydrogen-bond acceptors (Lipinski definition) is 5. The average molecular weight is 547 g/mol. The van der Waals surface area contributed by atoms with Gasteiger partial charge in [0.2, 0.25) is 0 Å². The smallest absolute Gasteiger partial charge is 0.345 e. The van der Waals surface area contributed by atoms with Crippen LogP contribution in [0.15, 0.2) is 106 Å². The van der Waals surface area contributed by atoms with E-state index < -0.39 is 0 Å². The maximum Gasteiger partial charge on any atom is 0.345 e. The summed E-state index contributed by atoms with van der Waals surface area (Å²) in [6, 6.07) is 33.7. The molecule has 7 rings (SSSR count). The molecule has 3 aromatic carbocycles. The van der Waals surface area contributed by atoms with Gasteiger partial charge in [0.25, 0.3) is 0 Å². The largest absolute Gasteiger partial charge is 0.422 e. The van der Waals surface area contributed by atoms with E-state index in [0.29, 0.717) is 11.1 Å². The van der Waals surface area contributed by atoms with Crippen LogP contribution in [0, 0.1) is 0 Å². The lowest BCUT2D eigenvalue weighted by Gasteiger charge is -2.20. The normalized spacial score (nSPS) is 11.6. The summed E-state index contributed by atoms with van der Waals surface area (Å²) in [5.74, 6) is 0. The molecule has 0 bridgehead atoms. The summed E-state index contributed by atoms with van der Waals surface area (Å²) in [7, 11) is 0. The number of aromatic nitrogens is 1. The van der Waals surface area contributed by atoms with Crippen molar-refractivity contribution < 1.29 is 4.42 Å². The molecule has 0 amide bonds. The molecule has 0 spiro atoms. The van der Waals surface area contributed by atoms with Gasteiger partial charge in [-0.25, -0.2) is 4.79 Å². The van der Waals surface area contributed by atoms with E-state index in [1.165, 1.54) is 31.7 Å². The first-order chi connectivity index (χ1) is 19.1. The van der Waals surface area contributed by atoms with Crippen molar-refractivity contribution in [1.82, 2.24) is 4.57 Å². The standard InChI is InChI=1S/C33H26N2O2S2/c1-3-34(4-2)22-14-13-21-19-25(33(36)37-28(21)20-22)29-15-16-30(38-29)31-17-18-32(39-31)35-26-11-7-5-9-23(26)24-10-6-8-12-27(24)35/h5-20H,3-4H2,1-2H3. The maximum absolute atomic E-state index is 13.0. The SMILES string of the molecule is CCN(CC)c1ccc2cc(-c3ccc(-c4ccc(-n5c6ccccc6c6ccccc65)s4)s3)c(=O)oc2c1. The second kappa shape index (κ2) is 9.56. The van der Waals surface area contributed by atoms with E-state index >= 15 is 0 Å². The number of anilines is 1. The molecule has 6 heteroatoms. The highest BCUT2D eigenvalue weighted by molar-refractivity contribution is 7.24. The summed E-state index contributed by atoms with van der Waals surface area (Å²) in [6.07, 6.45) is 0. The van der Waals surface area contributed by atoms with Crippen LogP contribution in [0.2, 0.25) is 0 Å². The Morgan fingerprint density at radius 2 is 1.36 bits per heavy atom. The third-order valence-corrected chi connectivity index (χ3v) is 9.74. The fourth-order valence-electron chi connectivity index (χ4n) is 5.41. The number of rotatable bonds is 6. The zero-order valence-electron chi connectivity index (χ0n) is 21.7. The maximum atomic E-state index is 13.0. The van der Waals surface area contributed by atoms with Crippen LogP contribution in [-0.2, 0) is 0 Å². The molecule has 0 aliphatic rings. The number of nitrogens with zero attached hydrogens (tertiary/aromatic N) is 2. The highest BCUT2D eigenvalue weighted by Crippen LogP contribution is 2.41. The average Bonchev–Trinajstić information content (AvgIpc) is 3.71. The van der Waals surface area contributed by atoms with E-state index in [1.807, 2.05) is 24.3 Å². The first kappa shape index (κ1) is 23.9. The molecule has 0 saturated heterocycles. The van der Waals surface area contributed by atoms with E-state index in [9.17, 15) is 4.79 Å². The molecule has 0 unspecified atom stereocenters. The number of benzene rings is 3. The van der Waals surface area contributed by atoms with E-state index in [1.54, 1.807) is 22.7 Å². The quantitative estimate of drug-likeness (QED) is 0.195. The molecule has 192 valence electrons. The van der Waals surface area contributed by atoms with Gasteiger partial charge in [-0.3, -0.25) is 0 Å². The summed E-state index contributed by atoms with van der Waals surface area (Å²) in [6.45, 7) is 6.06. The summed E-state index contributed by atoms with van der Waals surface area (Å²) in [4.78, 5) is 18.5. The third kappa shape index (κ3) is 3.99. The topological polar surface area (TPSA) is 38.4 Å². The van der Waals surface area contributed by atoms with Crippen molar-refractivity contribution in [2.75, 3.05) is 18.0 Å². The minimum Gasteiger partial charge on any atom is -0.422 e. The zero-order chi connectivity index (χ0) is 26.5. The van der Waals surface area contributed by atoms with Crippen LogP contribution in [0.25, 0.3) is 58.0 Å². The van der Waals surface area contributed by atoms with Gasteiger partial charge < -0.3 is 13.9 Å². The molecule has 7 aromatic rings. The fourth-order valence-corrected chi connectivity index (χ4v) is 7.55. The molecule has 39 heavy (non-hydrogen) atoms. The number of hydrogen-bond donors (Lipinski definition) is 0. The van der Waals surface area contributed by atoms with Gasteiger partial charge in [0.1, 0.15) is 10.6 Å². The lowest BCUT2D eigenvalue weighted by molar-refractivity contribution is 0.563. The predicted molar refractivity (Wildman–Crippen MR) is 167 cm³/mol. The molecule has 0 aliphatic heterocycles. The Morgan fingerprint density at radius 3 is 2.08 bits per heavy atom. The van der Waals surface area contributed by atoms with Crippen LogP contribution in [0.3, 0.4) is 0 Å². The van der Waals surface area contributed by atoms with E-state index in [-0.39, 0.29) is 5.63 Å². The molecule has 0 atom stereocenters. The lowest BCUT2D eigenvalue weighted by atomic mass is 10.1. The van der Waals surface area contributed by atoms with Crippen LogP contribution in [0.4, 0.5) is 5.69 Å². The van der Waals surface area contributed by atoms with Crippen molar-refractivity contribution in [2.24, 2.45) is 0 Å². The number of thiophene rings is 2. The second-order valence-electron chi connectivity index (χ2n) is 9.51.